The monoisotopic (exact) mass is 282 g/mol. The van der Waals surface area contributed by atoms with Crippen molar-refractivity contribution in [3.63, 3.8) is 0 Å². The summed E-state index contributed by atoms with van der Waals surface area (Å²) < 4.78 is 0.712. The Kier molecular flexibility index (Phi) is 3.59. The molecule has 0 aromatic carbocycles. The average Bonchev–Trinajstić information content (AvgIpc) is 2.30. The molecule has 1 aliphatic rings. The molecule has 2 rings (SSSR count). The van der Waals surface area contributed by atoms with E-state index in [0.717, 1.165) is 31.0 Å². The SMILES string of the molecule is CC1CCN(c2ccc(Br)nc2C=O)CC1. The number of piperidine rings is 1. The first-order chi connectivity index (χ1) is 7.70. The molecule has 1 fully saturated rings. The van der Waals surface area contributed by atoms with E-state index < -0.39 is 0 Å². The van der Waals surface area contributed by atoms with E-state index in [1.165, 1.54) is 12.8 Å². The molecule has 0 radical (unpaired) electrons. The van der Waals surface area contributed by atoms with Crippen LogP contribution in [0.15, 0.2) is 16.7 Å². The van der Waals surface area contributed by atoms with Crippen molar-refractivity contribution in [3.8, 4) is 0 Å². The highest BCUT2D eigenvalue weighted by atomic mass is 79.9. The van der Waals surface area contributed by atoms with Gasteiger partial charge in [-0.3, -0.25) is 4.79 Å². The third-order valence-corrected chi connectivity index (χ3v) is 3.55. The van der Waals surface area contributed by atoms with Gasteiger partial charge in [-0.1, -0.05) is 6.92 Å². The minimum absolute atomic E-state index is 0.531. The topological polar surface area (TPSA) is 33.2 Å². The Balaban J connectivity index is 2.23. The summed E-state index contributed by atoms with van der Waals surface area (Å²) in [6.45, 7) is 4.31. The summed E-state index contributed by atoms with van der Waals surface area (Å²) in [5.74, 6) is 0.791. The lowest BCUT2D eigenvalue weighted by Gasteiger charge is -2.32. The first-order valence-corrected chi connectivity index (χ1v) is 6.36. The normalized spacial score (nSPS) is 17.5. The van der Waals surface area contributed by atoms with Crippen LogP contribution in [0.25, 0.3) is 0 Å². The van der Waals surface area contributed by atoms with E-state index in [-0.39, 0.29) is 0 Å². The van der Waals surface area contributed by atoms with Gasteiger partial charge in [-0.25, -0.2) is 4.98 Å². The third kappa shape index (κ3) is 2.43. The molecule has 0 unspecified atom stereocenters. The molecule has 0 saturated carbocycles. The molecule has 2 heterocycles. The lowest BCUT2D eigenvalue weighted by atomic mass is 9.99. The number of anilines is 1. The van der Waals surface area contributed by atoms with E-state index >= 15 is 0 Å². The lowest BCUT2D eigenvalue weighted by Crippen LogP contribution is -2.33. The molecule has 16 heavy (non-hydrogen) atoms. The summed E-state index contributed by atoms with van der Waals surface area (Å²) >= 11 is 3.28. The third-order valence-electron chi connectivity index (χ3n) is 3.10. The summed E-state index contributed by atoms with van der Waals surface area (Å²) in [5, 5.41) is 0. The Morgan fingerprint density at radius 3 is 2.75 bits per heavy atom. The van der Waals surface area contributed by atoms with Gasteiger partial charge in [-0.2, -0.15) is 0 Å². The van der Waals surface area contributed by atoms with E-state index in [0.29, 0.717) is 10.3 Å². The molecule has 0 amide bonds. The van der Waals surface area contributed by atoms with Gasteiger partial charge in [-0.15, -0.1) is 0 Å². The first-order valence-electron chi connectivity index (χ1n) is 5.57. The van der Waals surface area contributed by atoms with Crippen molar-refractivity contribution in [1.82, 2.24) is 4.98 Å². The van der Waals surface area contributed by atoms with Crippen LogP contribution < -0.4 is 4.90 Å². The van der Waals surface area contributed by atoms with Gasteiger partial charge in [0.15, 0.2) is 6.29 Å². The van der Waals surface area contributed by atoms with Crippen LogP contribution in [0.3, 0.4) is 0 Å². The van der Waals surface area contributed by atoms with Crippen molar-refractivity contribution in [2.45, 2.75) is 19.8 Å². The number of aromatic nitrogens is 1. The highest BCUT2D eigenvalue weighted by molar-refractivity contribution is 9.10. The average molecular weight is 283 g/mol. The van der Waals surface area contributed by atoms with Gasteiger partial charge >= 0.3 is 0 Å². The van der Waals surface area contributed by atoms with Crippen molar-refractivity contribution < 1.29 is 4.79 Å². The Morgan fingerprint density at radius 1 is 1.44 bits per heavy atom. The number of pyridine rings is 1. The van der Waals surface area contributed by atoms with Crippen LogP contribution in [-0.4, -0.2) is 24.4 Å². The molecule has 86 valence electrons. The number of rotatable bonds is 2. The minimum atomic E-state index is 0.531. The molecule has 0 spiro atoms. The highest BCUT2D eigenvalue weighted by Gasteiger charge is 2.18. The van der Waals surface area contributed by atoms with Crippen molar-refractivity contribution in [2.75, 3.05) is 18.0 Å². The van der Waals surface area contributed by atoms with E-state index in [1.807, 2.05) is 12.1 Å². The molecule has 1 aromatic rings. The maximum atomic E-state index is 11.0. The van der Waals surface area contributed by atoms with Crippen molar-refractivity contribution >= 4 is 27.9 Å². The van der Waals surface area contributed by atoms with Crippen LogP contribution in [0.2, 0.25) is 0 Å². The zero-order valence-electron chi connectivity index (χ0n) is 9.32. The molecule has 0 bridgehead atoms. The number of hydrogen-bond donors (Lipinski definition) is 0. The van der Waals surface area contributed by atoms with Gasteiger partial charge in [0.05, 0.1) is 5.69 Å². The van der Waals surface area contributed by atoms with Gasteiger partial charge < -0.3 is 4.90 Å². The van der Waals surface area contributed by atoms with Crippen LogP contribution in [-0.2, 0) is 0 Å². The van der Waals surface area contributed by atoms with Gasteiger partial charge in [0.2, 0.25) is 0 Å². The molecule has 0 atom stereocenters. The number of aldehydes is 1. The number of nitrogens with zero attached hydrogens (tertiary/aromatic N) is 2. The summed E-state index contributed by atoms with van der Waals surface area (Å²) in [5.41, 5.74) is 1.49. The molecule has 1 saturated heterocycles. The van der Waals surface area contributed by atoms with Gasteiger partial charge in [0.25, 0.3) is 0 Å². The maximum Gasteiger partial charge on any atom is 0.170 e. The van der Waals surface area contributed by atoms with E-state index in [9.17, 15) is 4.79 Å². The van der Waals surface area contributed by atoms with Crippen molar-refractivity contribution in [2.24, 2.45) is 5.92 Å². The number of carbonyl (C=O) groups is 1. The van der Waals surface area contributed by atoms with Crippen LogP contribution in [0.4, 0.5) is 5.69 Å². The van der Waals surface area contributed by atoms with Crippen molar-refractivity contribution in [1.29, 1.82) is 0 Å². The number of halogens is 1. The van der Waals surface area contributed by atoms with E-state index in [4.69, 9.17) is 0 Å². The molecule has 1 aromatic heterocycles. The standard InChI is InChI=1S/C12H15BrN2O/c1-9-4-6-15(7-5-9)11-2-3-12(13)14-10(11)8-16/h2-3,8-9H,4-7H2,1H3. The maximum absolute atomic E-state index is 11.0. The zero-order chi connectivity index (χ0) is 11.5. The Morgan fingerprint density at radius 2 is 2.12 bits per heavy atom. The summed E-state index contributed by atoms with van der Waals surface area (Å²) in [6.07, 6.45) is 3.21. The molecule has 0 N–H and O–H groups in total. The lowest BCUT2D eigenvalue weighted by molar-refractivity contribution is 0.111. The molecule has 0 aliphatic carbocycles. The van der Waals surface area contributed by atoms with Crippen LogP contribution in [0.1, 0.15) is 30.3 Å². The minimum Gasteiger partial charge on any atom is -0.370 e. The van der Waals surface area contributed by atoms with Gasteiger partial charge in [0.1, 0.15) is 10.3 Å². The second-order valence-electron chi connectivity index (χ2n) is 4.33. The summed E-state index contributed by atoms with van der Waals surface area (Å²) in [4.78, 5) is 17.4. The largest absolute Gasteiger partial charge is 0.370 e. The predicted molar refractivity (Wildman–Crippen MR) is 67.9 cm³/mol. The molecule has 3 nitrogen and oxygen atoms in total. The fraction of sp³-hybridized carbons (Fsp3) is 0.500. The van der Waals surface area contributed by atoms with Gasteiger partial charge in [0, 0.05) is 13.1 Å². The summed E-state index contributed by atoms with van der Waals surface area (Å²) in [7, 11) is 0. The summed E-state index contributed by atoms with van der Waals surface area (Å²) in [6, 6.07) is 3.86. The second-order valence-corrected chi connectivity index (χ2v) is 5.14. The van der Waals surface area contributed by atoms with Crippen LogP contribution in [0, 0.1) is 5.92 Å². The Hall–Kier alpha value is -0.900. The molecular formula is C12H15BrN2O. The van der Waals surface area contributed by atoms with Crippen LogP contribution >= 0.6 is 15.9 Å². The smallest absolute Gasteiger partial charge is 0.170 e. The highest BCUT2D eigenvalue weighted by Crippen LogP contribution is 2.25. The van der Waals surface area contributed by atoms with Crippen LogP contribution in [0.5, 0.6) is 0 Å². The van der Waals surface area contributed by atoms with Crippen molar-refractivity contribution in [3.05, 3.63) is 22.4 Å². The fourth-order valence-electron chi connectivity index (χ4n) is 2.05. The molecule has 4 heteroatoms. The fourth-order valence-corrected chi connectivity index (χ4v) is 2.37. The first kappa shape index (κ1) is 11.6. The predicted octanol–water partition coefficient (Wildman–Crippen LogP) is 2.89. The van der Waals surface area contributed by atoms with Gasteiger partial charge in [-0.05, 0) is 46.8 Å². The zero-order valence-corrected chi connectivity index (χ0v) is 10.9. The number of hydrogen-bond acceptors (Lipinski definition) is 3. The second kappa shape index (κ2) is 4.95. The number of carbonyl (C=O) groups excluding carboxylic acids is 1. The molecule has 1 aliphatic heterocycles. The Labute approximate surface area is 104 Å². The molecular weight excluding hydrogens is 268 g/mol. The Bertz CT molecular complexity index is 387. The van der Waals surface area contributed by atoms with E-state index in [1.54, 1.807) is 0 Å². The quantitative estimate of drug-likeness (QED) is 0.618. The van der Waals surface area contributed by atoms with E-state index in [2.05, 4.69) is 32.7 Å².